The quantitative estimate of drug-likeness (QED) is 0.219. The van der Waals surface area contributed by atoms with E-state index in [1.165, 1.54) is 58.5 Å². The minimum Gasteiger partial charge on any atom is -0.530 e. The number of anilines is 2. The van der Waals surface area contributed by atoms with Gasteiger partial charge in [0.1, 0.15) is 12.2 Å². The molecule has 4 aliphatic heterocycles. The van der Waals surface area contributed by atoms with Crippen LogP contribution in [-0.2, 0) is 61.8 Å². The average Bonchev–Trinajstić information content (AvgIpc) is 3.66. The summed E-state index contributed by atoms with van der Waals surface area (Å²) in [6, 6.07) is 31.5. The Morgan fingerprint density at radius 2 is 1.03 bits per heavy atom. The molecule has 2 aliphatic carbocycles. The Bertz CT molecular complexity index is 2370. The Morgan fingerprint density at radius 3 is 1.60 bits per heavy atom. The summed E-state index contributed by atoms with van der Waals surface area (Å²) in [6.45, 7) is 28.9. The first-order chi connectivity index (χ1) is 33.8. The van der Waals surface area contributed by atoms with E-state index in [1.807, 2.05) is 91.8 Å². The first-order valence-corrected chi connectivity index (χ1v) is 26.4. The maximum atomic E-state index is 10.9. The van der Waals surface area contributed by atoms with Gasteiger partial charge in [-0.2, -0.15) is 24.3 Å². The molecule has 4 heterocycles. The number of fused-ring (bicyclic) bond motifs is 4. The molecule has 75 heavy (non-hydrogen) atoms. The van der Waals surface area contributed by atoms with Crippen molar-refractivity contribution in [3.05, 3.63) is 124 Å². The number of nitrogens with zero attached hydrogens (tertiary/aromatic N) is 2. The Morgan fingerprint density at radius 1 is 0.573 bits per heavy atom. The fraction of sp³-hybridized carbons (Fsp3) is 0.559. The molecule has 390 valence electrons. The molecular weight excluding hydrogens is 923 g/mol. The maximum absolute atomic E-state index is 10.9. The Hall–Kier alpha value is -2.86. The van der Waals surface area contributed by atoms with Crippen LogP contribution in [-0.4, -0.2) is 67.2 Å². The summed E-state index contributed by atoms with van der Waals surface area (Å²) in [4.78, 5) is 24.5. The molecule has 4 atom stereocenters. The van der Waals surface area contributed by atoms with Crippen LogP contribution in [0, 0.1) is 17.9 Å². The molecule has 0 spiro atoms. The van der Waals surface area contributed by atoms with Crippen molar-refractivity contribution in [2.75, 3.05) is 9.80 Å². The van der Waals surface area contributed by atoms with Gasteiger partial charge < -0.3 is 52.9 Å². The van der Waals surface area contributed by atoms with Gasteiger partial charge in [-0.25, -0.2) is 0 Å². The number of carbonyl (C=O) groups excluding carboxylic acids is 2. The smallest absolute Gasteiger partial charge is 0.530 e. The van der Waals surface area contributed by atoms with E-state index in [1.54, 1.807) is 17.2 Å². The van der Waals surface area contributed by atoms with E-state index >= 15 is 0 Å². The third-order valence-corrected chi connectivity index (χ3v) is 15.8. The molecule has 0 radical (unpaired) electrons. The van der Waals surface area contributed by atoms with Crippen LogP contribution >= 0.6 is 0 Å². The normalized spacial score (nSPS) is 22.7. The third kappa shape index (κ3) is 16.8. The van der Waals surface area contributed by atoms with E-state index in [-0.39, 0.29) is 104 Å². The molecule has 0 aromatic heterocycles. The van der Waals surface area contributed by atoms with Crippen molar-refractivity contribution in [3.63, 3.8) is 0 Å². The third-order valence-electron chi connectivity index (χ3n) is 15.8. The Kier molecular flexibility index (Phi) is 25.1. The van der Waals surface area contributed by atoms with E-state index in [4.69, 9.17) is 23.3 Å². The molecule has 6 aliphatic rings. The van der Waals surface area contributed by atoms with Crippen LogP contribution in [0.1, 0.15) is 156 Å². The number of carbonyl (C=O) groups is 2. The predicted octanol–water partition coefficient (Wildman–Crippen LogP) is 1.08. The topological polar surface area (TPSA) is 133 Å². The molecule has 4 unspecified atom stereocenters. The van der Waals surface area contributed by atoms with Crippen molar-refractivity contribution in [1.82, 2.24) is 0 Å². The van der Waals surface area contributed by atoms with E-state index in [0.717, 1.165) is 60.8 Å². The van der Waals surface area contributed by atoms with Gasteiger partial charge in [0.05, 0.1) is 22.4 Å². The average molecular weight is 1000 g/mol. The van der Waals surface area contributed by atoms with Crippen LogP contribution < -0.4 is 82.1 Å². The van der Waals surface area contributed by atoms with E-state index in [9.17, 15) is 19.8 Å². The first-order valence-electron chi connectivity index (χ1n) is 26.4. The molecule has 11 nitrogen and oxygen atoms in total. The van der Waals surface area contributed by atoms with Crippen LogP contribution in [0.3, 0.4) is 0 Å². The van der Waals surface area contributed by atoms with Crippen LogP contribution in [0.15, 0.2) is 84.9 Å². The van der Waals surface area contributed by atoms with Crippen LogP contribution in [0.5, 0.6) is 0 Å². The van der Waals surface area contributed by atoms with Gasteiger partial charge in [-0.05, 0) is 192 Å². The molecular formula is C59H81B2Li3N2O9. The zero-order valence-electron chi connectivity index (χ0n) is 48.8. The molecule has 0 bridgehead atoms. The monoisotopic (exact) mass is 1000 g/mol. The van der Waals surface area contributed by atoms with E-state index in [2.05, 4.69) is 90.1 Å². The van der Waals surface area contributed by atoms with Crippen molar-refractivity contribution < 1.29 is 99.7 Å². The summed E-state index contributed by atoms with van der Waals surface area (Å²) in [5.74, 6) is 1.65. The van der Waals surface area contributed by atoms with Crippen molar-refractivity contribution in [2.45, 2.75) is 202 Å². The molecule has 2 fully saturated rings. The minimum absolute atomic E-state index is 0. The number of hydrogen-bond acceptors (Lipinski definition) is 9. The van der Waals surface area contributed by atoms with Gasteiger partial charge in [0.15, 0.2) is 0 Å². The number of para-hydroxylation sites is 2. The molecule has 2 amide bonds. The van der Waals surface area contributed by atoms with Gasteiger partial charge in [-0.1, -0.05) is 86.6 Å². The molecule has 16 heteroatoms. The SMILES string of the molecule is CC(C)OB1OC(C)(C)C(C)(C)O1.CC1CCc2ccc[c-]c2N1C(=O)[O-].CC1CCc2cccc(B3OC(C)(C)C(C)(C)O3)c2C1.CC1CCc2ccccc2C1.CC1CCc2ccccc2N1C(=O)[O-].[Li+].[Li+].[Li+]. The largest absolute Gasteiger partial charge is 1.00 e. The summed E-state index contributed by atoms with van der Waals surface area (Å²) < 4.78 is 29.2. The number of aryl methyl sites for hydroxylation is 4. The Balaban J connectivity index is 0.000000248. The number of carboxylic acid groups (broad SMARTS) is 2. The standard InChI is InChI=1S/C17H25BO2.C11H13NO2.C11H12NO2.C11H14.C9H19BO3.3Li/c1-12-9-10-13-7-6-8-15(14(13)11-12)18-19-16(2,3)17(4,5)20-18;2*1-8-6-7-9-4-2-3-5-10(9)12(8)11(13)14;1-9-6-7-10-4-2-3-5-11(10)8-9;1-7(2)11-10-12-8(3,4)9(5,6)13-10;;;/h6-8,12H,9-11H2,1-5H3;2-5,8H,6-7H2,1H3,(H,13,14);2-4,8H,6-7H2,1H3,(H,13,14);2-5,9H,6-8H2,1H3;7H,1-6H3;;;/q;;-1;;;3*+1/p-2. The van der Waals surface area contributed by atoms with Crippen molar-refractivity contribution >= 4 is 43.5 Å². The predicted molar refractivity (Wildman–Crippen MR) is 286 cm³/mol. The zero-order chi connectivity index (χ0) is 52.8. The maximum Gasteiger partial charge on any atom is 1.00 e. The molecule has 4 aromatic carbocycles. The van der Waals surface area contributed by atoms with Crippen molar-refractivity contribution in [1.29, 1.82) is 0 Å². The number of amides is 2. The van der Waals surface area contributed by atoms with Gasteiger partial charge in [0, 0.05) is 23.9 Å². The van der Waals surface area contributed by atoms with Gasteiger partial charge in [0.2, 0.25) is 0 Å². The molecule has 0 saturated carbocycles. The van der Waals surface area contributed by atoms with Crippen molar-refractivity contribution in [3.8, 4) is 0 Å². The van der Waals surface area contributed by atoms with Crippen LogP contribution in [0.25, 0.3) is 0 Å². The summed E-state index contributed by atoms with van der Waals surface area (Å²) in [5, 5.41) is 21.9. The first kappa shape index (κ1) is 66.4. The molecule has 0 N–H and O–H groups in total. The van der Waals surface area contributed by atoms with Crippen molar-refractivity contribution in [2.24, 2.45) is 11.8 Å². The van der Waals surface area contributed by atoms with Gasteiger partial charge in [-0.15, -0.1) is 5.56 Å². The fourth-order valence-corrected chi connectivity index (χ4v) is 9.97. The Labute approximate surface area is 487 Å². The van der Waals surface area contributed by atoms with Gasteiger partial charge in [0.25, 0.3) is 0 Å². The zero-order valence-corrected chi connectivity index (χ0v) is 48.8. The molecule has 10 rings (SSSR count). The summed E-state index contributed by atoms with van der Waals surface area (Å²) in [7, 11) is -0.745. The number of hydrogen-bond donors (Lipinski definition) is 0. The summed E-state index contributed by atoms with van der Waals surface area (Å²) >= 11 is 0. The second-order valence-electron chi connectivity index (χ2n) is 23.0. The van der Waals surface area contributed by atoms with Crippen LogP contribution in [0.2, 0.25) is 0 Å². The number of rotatable bonds is 3. The number of benzene rings is 4. The fourth-order valence-electron chi connectivity index (χ4n) is 9.97. The summed E-state index contributed by atoms with van der Waals surface area (Å²) in [6.07, 6.45) is 9.02. The van der Waals surface area contributed by atoms with Gasteiger partial charge in [-0.3, -0.25) is 0 Å². The molecule has 4 aromatic rings. The van der Waals surface area contributed by atoms with Crippen LogP contribution in [0.4, 0.5) is 21.0 Å². The van der Waals surface area contributed by atoms with E-state index in [0.29, 0.717) is 5.69 Å². The summed E-state index contributed by atoms with van der Waals surface area (Å²) in [5.41, 5.74) is 9.78. The second kappa shape index (κ2) is 28.3. The second-order valence-corrected chi connectivity index (χ2v) is 23.0. The minimum atomic E-state index is -1.14. The van der Waals surface area contributed by atoms with E-state index < -0.39 is 19.5 Å². The van der Waals surface area contributed by atoms with Gasteiger partial charge >= 0.3 is 71.0 Å². The molecule has 2 saturated heterocycles.